The number of fused-ring (bicyclic) bond motifs is 1. The summed E-state index contributed by atoms with van der Waals surface area (Å²) in [7, 11) is -1.12. The topological polar surface area (TPSA) is 86.8 Å². The van der Waals surface area contributed by atoms with Crippen molar-refractivity contribution in [3.8, 4) is 22.5 Å². The first-order chi connectivity index (χ1) is 17.7. The van der Waals surface area contributed by atoms with E-state index < -0.39 is 8.07 Å². The maximum Gasteiger partial charge on any atom is 0.415 e. The van der Waals surface area contributed by atoms with Gasteiger partial charge in [0.25, 0.3) is 0 Å². The lowest BCUT2D eigenvalue weighted by Gasteiger charge is -2.23. The molecule has 0 aliphatic carbocycles. The van der Waals surface area contributed by atoms with Gasteiger partial charge in [-0.1, -0.05) is 57.8 Å². The van der Waals surface area contributed by atoms with E-state index in [-0.39, 0.29) is 18.1 Å². The lowest BCUT2D eigenvalue weighted by Crippen LogP contribution is -2.37. The quantitative estimate of drug-likeness (QED) is 0.213. The molecule has 194 valence electrons. The van der Waals surface area contributed by atoms with E-state index in [2.05, 4.69) is 55.7 Å². The van der Waals surface area contributed by atoms with Crippen molar-refractivity contribution < 1.29 is 14.3 Å². The standard InChI is InChI=1S/C27H34N6O3Si/c1-19(2)23-17-36-27(34)33(23)24-10-12-32-26(30-24)22(16-29-32)20-6-8-21(9-7-20)25-28-11-13-31(25)18-35-14-15-37(3,4)5/h6-13,16,19,23H,14-15,17-18H2,1-5H3/t23-/m1/s1. The Kier molecular flexibility index (Phi) is 6.87. The predicted molar refractivity (Wildman–Crippen MR) is 146 cm³/mol. The highest BCUT2D eigenvalue weighted by atomic mass is 28.3. The van der Waals surface area contributed by atoms with Crippen molar-refractivity contribution in [3.05, 3.63) is 55.1 Å². The molecule has 0 radical (unpaired) electrons. The molecular weight excluding hydrogens is 484 g/mol. The van der Waals surface area contributed by atoms with E-state index in [0.717, 1.165) is 35.2 Å². The summed E-state index contributed by atoms with van der Waals surface area (Å²) in [4.78, 5) is 23.5. The first-order valence-electron chi connectivity index (χ1n) is 12.7. The van der Waals surface area contributed by atoms with E-state index >= 15 is 0 Å². The monoisotopic (exact) mass is 518 g/mol. The second-order valence-corrected chi connectivity index (χ2v) is 16.6. The molecular formula is C27H34N6O3Si. The Labute approximate surface area is 218 Å². The third-order valence-electron chi connectivity index (χ3n) is 6.67. The zero-order valence-corrected chi connectivity index (χ0v) is 23.1. The Morgan fingerprint density at radius 2 is 1.86 bits per heavy atom. The molecule has 4 aromatic rings. The van der Waals surface area contributed by atoms with Crippen molar-refractivity contribution in [1.82, 2.24) is 24.1 Å². The molecule has 4 heterocycles. The third-order valence-corrected chi connectivity index (χ3v) is 8.38. The van der Waals surface area contributed by atoms with Gasteiger partial charge in [-0.25, -0.2) is 19.3 Å². The van der Waals surface area contributed by atoms with Crippen LogP contribution in [0.5, 0.6) is 0 Å². The molecule has 1 amide bonds. The molecule has 1 saturated heterocycles. The Bertz CT molecular complexity index is 1390. The van der Waals surface area contributed by atoms with E-state index in [1.54, 1.807) is 27.9 Å². The van der Waals surface area contributed by atoms with Crippen molar-refractivity contribution in [3.63, 3.8) is 0 Å². The number of imidazole rings is 1. The van der Waals surface area contributed by atoms with Gasteiger partial charge in [0.2, 0.25) is 0 Å². The second kappa shape index (κ2) is 10.1. The van der Waals surface area contributed by atoms with Crippen LogP contribution in [0.1, 0.15) is 13.8 Å². The van der Waals surface area contributed by atoms with E-state index in [1.165, 1.54) is 0 Å². The van der Waals surface area contributed by atoms with Crippen molar-refractivity contribution in [2.24, 2.45) is 5.92 Å². The number of amides is 1. The number of anilines is 1. The summed E-state index contributed by atoms with van der Waals surface area (Å²) in [6.07, 6.45) is 7.02. The summed E-state index contributed by atoms with van der Waals surface area (Å²) in [5.74, 6) is 1.69. The molecule has 0 bridgehead atoms. The van der Waals surface area contributed by atoms with Crippen LogP contribution in [-0.4, -0.2) is 57.6 Å². The van der Waals surface area contributed by atoms with Crippen LogP contribution >= 0.6 is 0 Å². The molecule has 1 fully saturated rings. The molecule has 0 spiro atoms. The minimum Gasteiger partial charge on any atom is -0.447 e. The molecule has 37 heavy (non-hydrogen) atoms. The van der Waals surface area contributed by atoms with Gasteiger partial charge >= 0.3 is 6.09 Å². The molecule has 9 nitrogen and oxygen atoms in total. The van der Waals surface area contributed by atoms with Gasteiger partial charge in [-0.05, 0) is 23.6 Å². The van der Waals surface area contributed by atoms with Crippen LogP contribution < -0.4 is 4.90 Å². The van der Waals surface area contributed by atoms with Crippen LogP contribution in [-0.2, 0) is 16.2 Å². The fraction of sp³-hybridized carbons (Fsp3) is 0.407. The Morgan fingerprint density at radius 1 is 1.11 bits per heavy atom. The summed E-state index contributed by atoms with van der Waals surface area (Å²) in [5, 5.41) is 4.47. The Hall–Kier alpha value is -3.50. The molecule has 3 aromatic heterocycles. The van der Waals surface area contributed by atoms with Crippen LogP contribution in [0.4, 0.5) is 10.6 Å². The lowest BCUT2D eigenvalue weighted by atomic mass is 10.0. The molecule has 5 rings (SSSR count). The number of carbonyl (C=O) groups excluding carboxylic acids is 1. The van der Waals surface area contributed by atoms with Crippen LogP contribution in [0.2, 0.25) is 25.7 Å². The number of carbonyl (C=O) groups is 1. The van der Waals surface area contributed by atoms with Gasteiger partial charge in [-0.2, -0.15) is 5.10 Å². The van der Waals surface area contributed by atoms with E-state index in [9.17, 15) is 4.79 Å². The van der Waals surface area contributed by atoms with E-state index in [0.29, 0.717) is 24.8 Å². The normalized spacial score (nSPS) is 16.2. The summed E-state index contributed by atoms with van der Waals surface area (Å²) in [6, 6.07) is 11.1. The molecule has 1 atom stereocenters. The second-order valence-electron chi connectivity index (χ2n) is 11.0. The van der Waals surface area contributed by atoms with Crippen LogP contribution in [0, 0.1) is 5.92 Å². The highest BCUT2D eigenvalue weighted by molar-refractivity contribution is 6.76. The number of hydrogen-bond donors (Lipinski definition) is 0. The number of aromatic nitrogens is 5. The summed E-state index contributed by atoms with van der Waals surface area (Å²) < 4.78 is 15.0. The minimum atomic E-state index is -1.12. The maximum atomic E-state index is 12.4. The van der Waals surface area contributed by atoms with Gasteiger partial charge in [0.15, 0.2) is 5.65 Å². The van der Waals surface area contributed by atoms with Crippen LogP contribution in [0.3, 0.4) is 0 Å². The Morgan fingerprint density at radius 3 is 2.59 bits per heavy atom. The zero-order valence-electron chi connectivity index (χ0n) is 22.1. The molecule has 10 heteroatoms. The first kappa shape index (κ1) is 25.2. The summed E-state index contributed by atoms with van der Waals surface area (Å²) in [5.41, 5.74) is 3.56. The maximum absolute atomic E-state index is 12.4. The van der Waals surface area contributed by atoms with Gasteiger partial charge in [0, 0.05) is 44.4 Å². The fourth-order valence-corrected chi connectivity index (χ4v) is 5.16. The molecule has 1 aliphatic rings. The van der Waals surface area contributed by atoms with E-state index in [4.69, 9.17) is 14.5 Å². The largest absolute Gasteiger partial charge is 0.447 e. The minimum absolute atomic E-state index is 0.0450. The average molecular weight is 519 g/mol. The number of ether oxygens (including phenoxy) is 2. The average Bonchev–Trinajstić information content (AvgIpc) is 3.59. The van der Waals surface area contributed by atoms with Crippen molar-refractivity contribution in [2.75, 3.05) is 18.1 Å². The summed E-state index contributed by atoms with van der Waals surface area (Å²) >= 11 is 0. The predicted octanol–water partition coefficient (Wildman–Crippen LogP) is 5.55. The van der Waals surface area contributed by atoms with Gasteiger partial charge in [0.05, 0.1) is 12.2 Å². The summed E-state index contributed by atoms with van der Waals surface area (Å²) in [6.45, 7) is 12.8. The molecule has 1 aliphatic heterocycles. The molecule has 0 saturated carbocycles. The molecule has 0 unspecified atom stereocenters. The van der Waals surface area contributed by atoms with Crippen LogP contribution in [0.25, 0.3) is 28.2 Å². The third kappa shape index (κ3) is 5.30. The highest BCUT2D eigenvalue weighted by Gasteiger charge is 2.37. The fourth-order valence-electron chi connectivity index (χ4n) is 4.40. The number of nitrogens with zero attached hydrogens (tertiary/aromatic N) is 6. The number of cyclic esters (lactones) is 1. The number of rotatable bonds is 9. The smallest absolute Gasteiger partial charge is 0.415 e. The van der Waals surface area contributed by atoms with Crippen molar-refractivity contribution in [1.29, 1.82) is 0 Å². The highest BCUT2D eigenvalue weighted by Crippen LogP contribution is 2.30. The van der Waals surface area contributed by atoms with Gasteiger partial charge in [-0.15, -0.1) is 0 Å². The Balaban J connectivity index is 1.37. The SMILES string of the molecule is CC(C)[C@H]1COC(=O)N1c1ccn2ncc(-c3ccc(-c4nccn4COCC[Si](C)(C)C)cc3)c2n1. The van der Waals surface area contributed by atoms with Crippen molar-refractivity contribution in [2.45, 2.75) is 52.3 Å². The molecule has 1 aromatic carbocycles. The van der Waals surface area contributed by atoms with Crippen LogP contribution in [0.15, 0.2) is 55.1 Å². The number of benzene rings is 1. The zero-order chi connectivity index (χ0) is 26.2. The van der Waals surface area contributed by atoms with E-state index in [1.807, 2.05) is 29.1 Å². The van der Waals surface area contributed by atoms with Gasteiger partial charge in [0.1, 0.15) is 25.0 Å². The lowest BCUT2D eigenvalue weighted by molar-refractivity contribution is 0.0883. The first-order valence-corrected chi connectivity index (χ1v) is 16.4. The molecule has 0 N–H and O–H groups in total. The van der Waals surface area contributed by atoms with Gasteiger partial charge < -0.3 is 14.0 Å². The van der Waals surface area contributed by atoms with Crippen molar-refractivity contribution >= 4 is 25.6 Å². The van der Waals surface area contributed by atoms with Gasteiger partial charge in [-0.3, -0.25) is 4.90 Å². The number of hydrogen-bond acceptors (Lipinski definition) is 6.